The monoisotopic (exact) mass is 600 g/mol. The molecule has 0 radical (unpaired) electrons. The number of likely N-dealkylation sites (tertiary alicyclic amines) is 1. The fourth-order valence-electron chi connectivity index (χ4n) is 7.50. The zero-order valence-electron chi connectivity index (χ0n) is 25.8. The number of rotatable bonds is 14. The van der Waals surface area contributed by atoms with Crippen molar-refractivity contribution in [3.05, 3.63) is 85.5 Å². The second kappa shape index (κ2) is 13.4. The summed E-state index contributed by atoms with van der Waals surface area (Å²) in [6.07, 6.45) is 3.94. The molecule has 3 amide bonds. The smallest absolute Gasteiger partial charge is 0.253 e. The van der Waals surface area contributed by atoms with Crippen LogP contribution in [0, 0.1) is 11.8 Å². The number of fused-ring (bicyclic) bond motifs is 1. The number of hydrogen-bond donors (Lipinski definition) is 1. The van der Waals surface area contributed by atoms with Crippen LogP contribution in [0.3, 0.4) is 0 Å². The first-order valence-electron chi connectivity index (χ1n) is 15.6. The molecule has 0 aromatic heterocycles. The van der Waals surface area contributed by atoms with Gasteiger partial charge in [-0.25, -0.2) is 0 Å². The predicted octanol–water partition coefficient (Wildman–Crippen LogP) is 3.63. The molecule has 234 valence electrons. The van der Waals surface area contributed by atoms with Crippen LogP contribution in [0.25, 0.3) is 0 Å². The lowest BCUT2D eigenvalue weighted by atomic mass is 9.70. The van der Waals surface area contributed by atoms with E-state index in [0.29, 0.717) is 31.6 Å². The largest absolute Gasteiger partial charge is 0.395 e. The molecular weight excluding hydrogens is 556 g/mol. The molecule has 5 atom stereocenters. The average molecular weight is 601 g/mol. The molecule has 2 bridgehead atoms. The fourth-order valence-corrected chi connectivity index (χ4v) is 7.50. The molecule has 3 fully saturated rings. The van der Waals surface area contributed by atoms with E-state index < -0.39 is 29.6 Å². The Bertz CT molecular complexity index is 1360. The van der Waals surface area contributed by atoms with Gasteiger partial charge in [0, 0.05) is 50.6 Å². The summed E-state index contributed by atoms with van der Waals surface area (Å²) < 4.78 is 6.62. The molecular formula is C35H44N4O5. The minimum atomic E-state index is -1.15. The number of nitrogens with zero attached hydrogens (tertiary/aromatic N) is 4. The molecule has 0 saturated carbocycles. The Balaban J connectivity index is 1.48. The molecule has 1 spiro atoms. The number of benzene rings is 2. The summed E-state index contributed by atoms with van der Waals surface area (Å²) in [6.45, 7) is 14.3. The predicted molar refractivity (Wildman–Crippen MR) is 171 cm³/mol. The van der Waals surface area contributed by atoms with E-state index in [0.717, 1.165) is 24.3 Å². The number of carbonyl (C=O) groups excluding carboxylic acids is 3. The highest BCUT2D eigenvalue weighted by atomic mass is 16.5. The lowest BCUT2D eigenvalue weighted by Crippen LogP contribution is -2.57. The molecule has 9 nitrogen and oxygen atoms in total. The Kier molecular flexibility index (Phi) is 9.56. The Hall–Kier alpha value is -3.95. The van der Waals surface area contributed by atoms with Crippen molar-refractivity contribution < 1.29 is 24.2 Å². The second-order valence-electron chi connectivity index (χ2n) is 11.7. The summed E-state index contributed by atoms with van der Waals surface area (Å²) in [6, 6.07) is 16.5. The summed E-state index contributed by atoms with van der Waals surface area (Å²) in [5, 5.41) is 9.99. The zero-order chi connectivity index (χ0) is 31.4. The highest BCUT2D eigenvalue weighted by Gasteiger charge is 2.74. The number of hydrogen-bond acceptors (Lipinski definition) is 6. The number of amides is 3. The number of ether oxygens (including phenoxy) is 1. The van der Waals surface area contributed by atoms with Crippen molar-refractivity contribution in [1.82, 2.24) is 9.80 Å². The van der Waals surface area contributed by atoms with Crippen molar-refractivity contribution >= 4 is 29.1 Å². The van der Waals surface area contributed by atoms with Gasteiger partial charge in [-0.3, -0.25) is 14.4 Å². The van der Waals surface area contributed by atoms with E-state index in [4.69, 9.17) is 4.74 Å². The van der Waals surface area contributed by atoms with Gasteiger partial charge in [0.1, 0.15) is 11.6 Å². The van der Waals surface area contributed by atoms with Crippen LogP contribution in [0.4, 0.5) is 11.4 Å². The maximum atomic E-state index is 14.6. The van der Waals surface area contributed by atoms with E-state index in [9.17, 15) is 19.5 Å². The van der Waals surface area contributed by atoms with Gasteiger partial charge in [-0.15, -0.1) is 13.2 Å². The van der Waals surface area contributed by atoms with Gasteiger partial charge in [-0.05, 0) is 56.5 Å². The van der Waals surface area contributed by atoms with Crippen LogP contribution in [-0.2, 0) is 25.7 Å². The Morgan fingerprint density at radius 3 is 2.27 bits per heavy atom. The standard InChI is InChI=1S/C35H44N4O5/c1-5-20-37(24-25-12-10-9-11-13-25)32(41)29-28-18-19-35(44-28)30(29)33(42)39(22-23-40)31(35)34(43)38(21-6-2)27-16-14-26(15-17-27)36(7-3)8-4/h5-6,9-17,28-31,40H,1-2,7-8,18-24H2,3-4H3/t28-,29+,30-,31?,35?/m0/s1. The van der Waals surface area contributed by atoms with Crippen LogP contribution in [-0.4, -0.2) is 89.7 Å². The van der Waals surface area contributed by atoms with Gasteiger partial charge in [-0.2, -0.15) is 0 Å². The third-order valence-corrected chi connectivity index (χ3v) is 9.41. The molecule has 0 aliphatic carbocycles. The van der Waals surface area contributed by atoms with E-state index in [1.54, 1.807) is 22.0 Å². The van der Waals surface area contributed by atoms with Gasteiger partial charge in [0.05, 0.1) is 24.5 Å². The van der Waals surface area contributed by atoms with Gasteiger partial charge in [0.2, 0.25) is 11.8 Å². The van der Waals surface area contributed by atoms with Gasteiger partial charge < -0.3 is 29.4 Å². The molecule has 3 aliphatic rings. The first-order chi connectivity index (χ1) is 21.3. The van der Waals surface area contributed by atoms with Crippen molar-refractivity contribution in [2.24, 2.45) is 11.8 Å². The molecule has 3 saturated heterocycles. The van der Waals surface area contributed by atoms with Crippen LogP contribution in [0.1, 0.15) is 32.3 Å². The van der Waals surface area contributed by atoms with E-state index in [-0.39, 0.29) is 37.4 Å². The lowest BCUT2D eigenvalue weighted by Gasteiger charge is -2.37. The molecule has 9 heteroatoms. The number of aliphatic hydroxyl groups is 1. The van der Waals surface area contributed by atoms with Crippen molar-refractivity contribution in [2.45, 2.75) is 51.0 Å². The van der Waals surface area contributed by atoms with Gasteiger partial charge >= 0.3 is 0 Å². The SMILES string of the molecule is C=CCN(Cc1ccccc1)C(=O)[C@@H]1[C@@H]2CCC3(O2)C(C(=O)N(CC=C)c2ccc(N(CC)CC)cc2)N(CCO)C(=O)[C@H]13. The van der Waals surface area contributed by atoms with Crippen molar-refractivity contribution in [3.63, 3.8) is 0 Å². The van der Waals surface area contributed by atoms with E-state index in [1.165, 1.54) is 4.90 Å². The molecule has 3 heterocycles. The van der Waals surface area contributed by atoms with Crippen molar-refractivity contribution in [2.75, 3.05) is 49.1 Å². The molecule has 1 N–H and O–H groups in total. The minimum Gasteiger partial charge on any atom is -0.395 e. The first kappa shape index (κ1) is 31.5. The molecule has 3 aliphatic heterocycles. The van der Waals surface area contributed by atoms with Gasteiger partial charge in [0.15, 0.2) is 0 Å². The van der Waals surface area contributed by atoms with Crippen LogP contribution in [0.15, 0.2) is 79.9 Å². The first-order valence-corrected chi connectivity index (χ1v) is 15.6. The number of aliphatic hydroxyl groups excluding tert-OH is 1. The third kappa shape index (κ3) is 5.43. The molecule has 44 heavy (non-hydrogen) atoms. The van der Waals surface area contributed by atoms with Crippen LogP contribution >= 0.6 is 0 Å². The molecule has 5 rings (SSSR count). The lowest BCUT2D eigenvalue weighted by molar-refractivity contribution is -0.145. The number of carbonyl (C=O) groups is 3. The van der Waals surface area contributed by atoms with Crippen LogP contribution in [0.2, 0.25) is 0 Å². The summed E-state index contributed by atoms with van der Waals surface area (Å²) in [5.74, 6) is -2.32. The zero-order valence-corrected chi connectivity index (χ0v) is 25.8. The average Bonchev–Trinajstić information content (AvgIpc) is 3.68. The van der Waals surface area contributed by atoms with E-state index >= 15 is 0 Å². The van der Waals surface area contributed by atoms with Crippen LogP contribution in [0.5, 0.6) is 0 Å². The van der Waals surface area contributed by atoms with Crippen LogP contribution < -0.4 is 9.80 Å². The molecule has 2 aromatic rings. The summed E-state index contributed by atoms with van der Waals surface area (Å²) >= 11 is 0. The van der Waals surface area contributed by atoms with Gasteiger partial charge in [0.25, 0.3) is 5.91 Å². The third-order valence-electron chi connectivity index (χ3n) is 9.41. The Morgan fingerprint density at radius 1 is 1.00 bits per heavy atom. The number of β-amino-alcohol motifs (C(OH)–C–C–N with tert-alkyl or cyclic N) is 1. The Labute approximate surface area is 260 Å². The summed E-state index contributed by atoms with van der Waals surface area (Å²) in [7, 11) is 0. The quantitative estimate of drug-likeness (QED) is 0.333. The summed E-state index contributed by atoms with van der Waals surface area (Å²) in [4.78, 5) is 50.0. The molecule has 2 aromatic carbocycles. The highest BCUT2D eigenvalue weighted by molar-refractivity contribution is 6.05. The van der Waals surface area contributed by atoms with E-state index in [2.05, 4.69) is 31.9 Å². The fraction of sp³-hybridized carbons (Fsp3) is 0.457. The normalized spacial score (nSPS) is 25.1. The maximum Gasteiger partial charge on any atom is 0.253 e. The Morgan fingerprint density at radius 2 is 1.66 bits per heavy atom. The number of anilines is 2. The van der Waals surface area contributed by atoms with Crippen molar-refractivity contribution in [1.29, 1.82) is 0 Å². The highest BCUT2D eigenvalue weighted by Crippen LogP contribution is 2.59. The van der Waals surface area contributed by atoms with Crippen molar-refractivity contribution in [3.8, 4) is 0 Å². The minimum absolute atomic E-state index is 0.0222. The van der Waals surface area contributed by atoms with Gasteiger partial charge in [-0.1, -0.05) is 42.5 Å². The maximum absolute atomic E-state index is 14.6. The summed E-state index contributed by atoms with van der Waals surface area (Å²) in [5.41, 5.74) is 1.56. The second-order valence-corrected chi connectivity index (χ2v) is 11.7. The van der Waals surface area contributed by atoms with E-state index in [1.807, 2.05) is 54.6 Å². The topological polar surface area (TPSA) is 93.6 Å². The molecule has 2 unspecified atom stereocenters.